The number of rotatable bonds is 3. The van der Waals surface area contributed by atoms with E-state index in [1.54, 1.807) is 0 Å². The van der Waals surface area contributed by atoms with Crippen molar-refractivity contribution in [1.82, 2.24) is 0 Å². The van der Waals surface area contributed by atoms with E-state index in [4.69, 9.17) is 0 Å². The Balaban J connectivity index is 2.10. The van der Waals surface area contributed by atoms with Crippen LogP contribution in [0.25, 0.3) is 0 Å². The van der Waals surface area contributed by atoms with Gasteiger partial charge in [0.15, 0.2) is 0 Å². The second-order valence-corrected chi connectivity index (χ2v) is 14.8. The van der Waals surface area contributed by atoms with Gasteiger partial charge >= 0.3 is 182 Å². The summed E-state index contributed by atoms with van der Waals surface area (Å²) in [6.45, 7) is 0. The minimum absolute atomic E-state index is 1.30. The summed E-state index contributed by atoms with van der Waals surface area (Å²) in [5.41, 5.74) is 0. The fourth-order valence-electron chi connectivity index (χ4n) is 2.22. The Kier molecular flexibility index (Phi) is 6.49. The molecule has 0 heterocycles. The van der Waals surface area contributed by atoms with Gasteiger partial charge in [0.25, 0.3) is 0 Å². The van der Waals surface area contributed by atoms with Crippen molar-refractivity contribution in [3.8, 4) is 0 Å². The Labute approximate surface area is 179 Å². The molecule has 0 saturated heterocycles. The number of halogens is 3. The molecule has 0 aromatic heterocycles. The molecule has 0 unspecified atom stereocenters. The van der Waals surface area contributed by atoms with Gasteiger partial charge in [0.1, 0.15) is 0 Å². The zero-order valence-corrected chi connectivity index (χ0v) is 20.5. The molecule has 0 amide bonds. The normalized spacial score (nSPS) is 10.9. The maximum absolute atomic E-state index is 2.38. The third-order valence-corrected chi connectivity index (χ3v) is 12.4. The molecule has 0 nitrogen and oxygen atoms in total. The van der Waals surface area contributed by atoms with Crippen molar-refractivity contribution in [2.45, 2.75) is 0 Å². The summed E-state index contributed by atoms with van der Waals surface area (Å²) in [5.74, 6) is 0. The third kappa shape index (κ3) is 4.39. The van der Waals surface area contributed by atoms with E-state index in [0.717, 1.165) is 0 Å². The van der Waals surface area contributed by atoms with Crippen molar-refractivity contribution in [2.75, 3.05) is 0 Å². The van der Waals surface area contributed by atoms with Gasteiger partial charge in [0, 0.05) is 0 Å². The molecular weight excluding hydrogens is 719 g/mol. The van der Waals surface area contributed by atoms with Gasteiger partial charge in [-0.25, -0.2) is 0 Å². The summed E-state index contributed by atoms with van der Waals surface area (Å²) >= 11 is 5.22. The van der Waals surface area contributed by atoms with Crippen molar-refractivity contribution in [2.24, 2.45) is 0 Å². The minimum atomic E-state index is -1.91. The second-order valence-electron chi connectivity index (χ2n) is 4.76. The fraction of sp³-hybridized carbons (Fsp3) is 0. The van der Waals surface area contributed by atoms with Gasteiger partial charge in [-0.3, -0.25) is 0 Å². The van der Waals surface area contributed by atoms with Crippen LogP contribution in [0, 0.1) is 10.7 Å². The Morgan fingerprint density at radius 1 is 0.409 bits per heavy atom. The summed E-state index contributed by atoms with van der Waals surface area (Å²) in [6, 6.07) is 27.3. The molecule has 0 aliphatic rings. The standard InChI is InChI=1S/3C6H4I.Sb/c3*7-6-4-2-1-3-5-6;/h3*2-5H;. The summed E-state index contributed by atoms with van der Waals surface area (Å²) in [7, 11) is 0. The van der Waals surface area contributed by atoms with Crippen LogP contribution in [0.3, 0.4) is 0 Å². The SMILES string of the molecule is Ic1cc[c]([Sb]([c]2ccc(I)cc2)[c]2ccc(I)cc2)cc1. The van der Waals surface area contributed by atoms with Crippen LogP contribution in [-0.2, 0) is 0 Å². The zero-order chi connectivity index (χ0) is 15.5. The Hall–Kier alpha value is 0.668. The Bertz CT molecular complexity index is 642. The van der Waals surface area contributed by atoms with E-state index >= 15 is 0 Å². The number of benzene rings is 3. The quantitative estimate of drug-likeness (QED) is 0.283. The van der Waals surface area contributed by atoms with E-state index in [1.165, 1.54) is 21.2 Å². The van der Waals surface area contributed by atoms with Gasteiger partial charge in [-0.2, -0.15) is 0 Å². The van der Waals surface area contributed by atoms with E-state index in [0.29, 0.717) is 0 Å². The summed E-state index contributed by atoms with van der Waals surface area (Å²) in [5, 5.41) is 0. The van der Waals surface area contributed by atoms with Crippen LogP contribution in [0.15, 0.2) is 72.8 Å². The molecule has 3 aromatic carbocycles. The van der Waals surface area contributed by atoms with Crippen LogP contribution in [0.2, 0.25) is 0 Å². The molecule has 0 aliphatic heterocycles. The summed E-state index contributed by atoms with van der Waals surface area (Å²) in [4.78, 5) is 0. The van der Waals surface area contributed by atoms with Crippen LogP contribution in [-0.4, -0.2) is 20.2 Å². The molecule has 3 aromatic rings. The van der Waals surface area contributed by atoms with Crippen LogP contribution in [0.4, 0.5) is 0 Å². The fourth-order valence-corrected chi connectivity index (χ4v) is 9.68. The van der Waals surface area contributed by atoms with Crippen molar-refractivity contribution < 1.29 is 0 Å². The molecule has 110 valence electrons. The molecule has 0 spiro atoms. The summed E-state index contributed by atoms with van der Waals surface area (Å²) < 4.78 is 8.45. The average molecular weight is 731 g/mol. The van der Waals surface area contributed by atoms with Gasteiger partial charge in [0.05, 0.1) is 0 Å². The van der Waals surface area contributed by atoms with E-state index < -0.39 is 20.2 Å². The Morgan fingerprint density at radius 2 is 0.636 bits per heavy atom. The molecule has 0 atom stereocenters. The molecule has 0 aliphatic carbocycles. The van der Waals surface area contributed by atoms with Crippen molar-refractivity contribution in [3.63, 3.8) is 0 Å². The first-order valence-corrected chi connectivity index (χ1v) is 13.8. The monoisotopic (exact) mass is 730 g/mol. The predicted molar refractivity (Wildman–Crippen MR) is 122 cm³/mol. The molecule has 3 rings (SSSR count). The molecular formula is C18H12I3Sb. The first-order chi connectivity index (χ1) is 10.6. The average Bonchev–Trinajstić information content (AvgIpc) is 2.53. The predicted octanol–water partition coefficient (Wildman–Crippen LogP) is 4.02. The number of hydrogen-bond acceptors (Lipinski definition) is 0. The van der Waals surface area contributed by atoms with Crippen LogP contribution in [0.5, 0.6) is 0 Å². The third-order valence-electron chi connectivity index (χ3n) is 3.25. The molecule has 0 bridgehead atoms. The molecule has 0 radical (unpaired) electrons. The van der Waals surface area contributed by atoms with Gasteiger partial charge in [-0.05, 0) is 0 Å². The van der Waals surface area contributed by atoms with Gasteiger partial charge in [-0.1, -0.05) is 0 Å². The van der Waals surface area contributed by atoms with Gasteiger partial charge < -0.3 is 0 Å². The van der Waals surface area contributed by atoms with Gasteiger partial charge in [0.2, 0.25) is 0 Å². The van der Waals surface area contributed by atoms with E-state index in [9.17, 15) is 0 Å². The molecule has 0 fully saturated rings. The Morgan fingerprint density at radius 3 is 0.864 bits per heavy atom. The first kappa shape index (κ1) is 17.5. The van der Waals surface area contributed by atoms with Gasteiger partial charge in [-0.15, -0.1) is 0 Å². The van der Waals surface area contributed by atoms with Crippen LogP contribution in [0.1, 0.15) is 0 Å². The van der Waals surface area contributed by atoms with Crippen LogP contribution >= 0.6 is 67.8 Å². The first-order valence-electron chi connectivity index (χ1n) is 6.70. The topological polar surface area (TPSA) is 0 Å². The zero-order valence-electron chi connectivity index (χ0n) is 11.5. The van der Waals surface area contributed by atoms with E-state index in [-0.39, 0.29) is 0 Å². The van der Waals surface area contributed by atoms with E-state index in [1.807, 2.05) is 0 Å². The van der Waals surface area contributed by atoms with Crippen LogP contribution < -0.4 is 10.5 Å². The maximum atomic E-state index is 2.38. The molecule has 22 heavy (non-hydrogen) atoms. The second kappa shape index (κ2) is 8.17. The van der Waals surface area contributed by atoms with E-state index in [2.05, 4.69) is 141 Å². The molecule has 4 heteroatoms. The van der Waals surface area contributed by atoms with Crippen molar-refractivity contribution in [1.29, 1.82) is 0 Å². The molecule has 0 N–H and O–H groups in total. The summed E-state index contributed by atoms with van der Waals surface area (Å²) in [6.07, 6.45) is 0. The van der Waals surface area contributed by atoms with Crippen molar-refractivity contribution >= 4 is 98.5 Å². The number of hydrogen-bond donors (Lipinski definition) is 0. The van der Waals surface area contributed by atoms with Crippen molar-refractivity contribution in [3.05, 3.63) is 83.5 Å². The molecule has 0 saturated carbocycles.